The third-order valence-corrected chi connectivity index (χ3v) is 2.73. The van der Waals surface area contributed by atoms with Gasteiger partial charge in [0, 0.05) is 5.56 Å². The summed E-state index contributed by atoms with van der Waals surface area (Å²) in [7, 11) is 0. The lowest BCUT2D eigenvalue weighted by Gasteiger charge is -2.11. The lowest BCUT2D eigenvalue weighted by Crippen LogP contribution is -2.42. The Bertz CT molecular complexity index is 536. The molecule has 6 nitrogen and oxygen atoms in total. The number of ether oxygens (including phenoxy) is 2. The second-order valence-corrected chi connectivity index (χ2v) is 4.12. The Kier molecular flexibility index (Phi) is 3.75. The van der Waals surface area contributed by atoms with Gasteiger partial charge in [-0.15, -0.1) is 0 Å². The summed E-state index contributed by atoms with van der Waals surface area (Å²) in [6.07, 6.45) is 0. The molecule has 2 rings (SSSR count). The van der Waals surface area contributed by atoms with Gasteiger partial charge in [0.25, 0.3) is 5.91 Å². The molecule has 0 saturated carbocycles. The fraction of sp³-hybridized carbons (Fsp3) is 0.273. The first-order valence-electron chi connectivity index (χ1n) is 5.21. The molecule has 0 aliphatic carbocycles. The van der Waals surface area contributed by atoms with Crippen molar-refractivity contribution >= 4 is 23.5 Å². The van der Waals surface area contributed by atoms with E-state index in [1.807, 2.05) is 5.32 Å². The Morgan fingerprint density at radius 3 is 2.84 bits per heavy atom. The van der Waals surface area contributed by atoms with Gasteiger partial charge in [0.1, 0.15) is 6.67 Å². The number of nitrogens with one attached hydrogen (secondary N) is 1. The van der Waals surface area contributed by atoms with Crippen molar-refractivity contribution in [1.29, 1.82) is 0 Å². The average Bonchev–Trinajstić information content (AvgIpc) is 2.83. The van der Waals surface area contributed by atoms with E-state index in [1.54, 1.807) is 0 Å². The van der Waals surface area contributed by atoms with E-state index in [4.69, 9.17) is 26.2 Å². The molecule has 1 amide bonds. The molecular weight excluding hydrogens is 281 g/mol. The van der Waals surface area contributed by atoms with Gasteiger partial charge in [0.05, 0.1) is 5.02 Å². The molecule has 0 spiro atoms. The number of carbonyl (C=O) groups is 2. The zero-order valence-corrected chi connectivity index (χ0v) is 10.2. The first-order valence-corrected chi connectivity index (χ1v) is 5.59. The maximum absolute atomic E-state index is 12.4. The molecule has 0 fully saturated rings. The highest BCUT2D eigenvalue weighted by molar-refractivity contribution is 6.32. The highest BCUT2D eigenvalue weighted by atomic mass is 35.5. The van der Waals surface area contributed by atoms with Crippen LogP contribution in [-0.2, 0) is 4.79 Å². The molecule has 1 aromatic carbocycles. The number of hydrogen-bond donors (Lipinski definition) is 2. The summed E-state index contributed by atoms with van der Waals surface area (Å²) in [4.78, 5) is 22.4. The van der Waals surface area contributed by atoms with Crippen LogP contribution in [0.5, 0.6) is 11.5 Å². The monoisotopic (exact) mass is 289 g/mol. The van der Waals surface area contributed by atoms with E-state index in [1.165, 1.54) is 12.1 Å². The Balaban J connectivity index is 2.20. The minimum absolute atomic E-state index is 0.0116. The average molecular weight is 290 g/mol. The van der Waals surface area contributed by atoms with Crippen molar-refractivity contribution < 1.29 is 28.6 Å². The summed E-state index contributed by atoms with van der Waals surface area (Å²) in [5.41, 5.74) is 0.0638. The molecule has 0 radical (unpaired) electrons. The van der Waals surface area contributed by atoms with Crippen molar-refractivity contribution in [3.05, 3.63) is 22.7 Å². The largest absolute Gasteiger partial charge is 0.480 e. The first-order chi connectivity index (χ1) is 9.02. The van der Waals surface area contributed by atoms with E-state index >= 15 is 0 Å². The topological polar surface area (TPSA) is 84.9 Å². The zero-order chi connectivity index (χ0) is 14.0. The number of carboxylic acids is 1. The van der Waals surface area contributed by atoms with Crippen LogP contribution in [-0.4, -0.2) is 36.5 Å². The van der Waals surface area contributed by atoms with Crippen molar-refractivity contribution in [3.63, 3.8) is 0 Å². The van der Waals surface area contributed by atoms with Crippen molar-refractivity contribution in [2.24, 2.45) is 0 Å². The second kappa shape index (κ2) is 5.31. The summed E-state index contributed by atoms with van der Waals surface area (Å²) in [6.45, 7) is -1.22. The van der Waals surface area contributed by atoms with E-state index in [2.05, 4.69) is 0 Å². The summed E-state index contributed by atoms with van der Waals surface area (Å²) in [5.74, 6) is -1.61. The summed E-state index contributed by atoms with van der Waals surface area (Å²) in [5, 5.41) is 10.8. The maximum Gasteiger partial charge on any atom is 0.328 e. The van der Waals surface area contributed by atoms with Gasteiger partial charge in [-0.05, 0) is 12.1 Å². The number of amides is 1. The maximum atomic E-state index is 12.4. The molecule has 8 heteroatoms. The lowest BCUT2D eigenvalue weighted by atomic mass is 10.1. The van der Waals surface area contributed by atoms with Gasteiger partial charge in [0.2, 0.25) is 6.79 Å². The van der Waals surface area contributed by atoms with Crippen LogP contribution in [0.1, 0.15) is 10.4 Å². The molecule has 0 bridgehead atoms. The molecule has 2 N–H and O–H groups in total. The van der Waals surface area contributed by atoms with E-state index < -0.39 is 24.6 Å². The molecule has 1 atom stereocenters. The third kappa shape index (κ3) is 2.70. The van der Waals surface area contributed by atoms with E-state index in [0.717, 1.165) is 0 Å². The third-order valence-electron chi connectivity index (χ3n) is 2.45. The van der Waals surface area contributed by atoms with E-state index in [-0.39, 0.29) is 23.1 Å². The smallest absolute Gasteiger partial charge is 0.328 e. The number of hydrogen-bond acceptors (Lipinski definition) is 4. The lowest BCUT2D eigenvalue weighted by molar-refractivity contribution is -0.139. The van der Waals surface area contributed by atoms with Crippen molar-refractivity contribution in [1.82, 2.24) is 5.32 Å². The fourth-order valence-corrected chi connectivity index (χ4v) is 1.77. The number of benzene rings is 1. The van der Waals surface area contributed by atoms with Crippen molar-refractivity contribution in [2.75, 3.05) is 13.5 Å². The molecule has 102 valence electrons. The van der Waals surface area contributed by atoms with E-state index in [0.29, 0.717) is 5.75 Å². The molecule has 1 heterocycles. The highest BCUT2D eigenvalue weighted by Gasteiger charge is 2.24. The molecule has 1 aliphatic heterocycles. The number of aliphatic carboxylic acids is 1. The highest BCUT2D eigenvalue weighted by Crippen LogP contribution is 2.39. The molecule has 0 saturated heterocycles. The molecule has 1 aromatic rings. The molecular formula is C11H9ClFNO5. The molecule has 1 aliphatic rings. The fourth-order valence-electron chi connectivity index (χ4n) is 1.51. The second-order valence-electron chi connectivity index (χ2n) is 3.71. The predicted molar refractivity (Wildman–Crippen MR) is 62.4 cm³/mol. The number of halogens is 2. The minimum atomic E-state index is -1.60. The van der Waals surface area contributed by atoms with Crippen LogP contribution in [0.2, 0.25) is 5.02 Å². The number of rotatable bonds is 4. The molecule has 1 unspecified atom stereocenters. The van der Waals surface area contributed by atoms with Crippen LogP contribution in [0.25, 0.3) is 0 Å². The van der Waals surface area contributed by atoms with Gasteiger partial charge in [0.15, 0.2) is 17.5 Å². The van der Waals surface area contributed by atoms with Gasteiger partial charge in [-0.1, -0.05) is 11.6 Å². The number of carbonyl (C=O) groups excluding carboxylic acids is 1. The van der Waals surface area contributed by atoms with Crippen LogP contribution in [0.3, 0.4) is 0 Å². The van der Waals surface area contributed by atoms with E-state index in [9.17, 15) is 14.0 Å². The minimum Gasteiger partial charge on any atom is -0.480 e. The quantitative estimate of drug-likeness (QED) is 0.870. The van der Waals surface area contributed by atoms with Gasteiger partial charge in [-0.25, -0.2) is 9.18 Å². The Hall–Kier alpha value is -2.02. The predicted octanol–water partition coefficient (Wildman–Crippen LogP) is 1.22. The Morgan fingerprint density at radius 1 is 1.47 bits per heavy atom. The molecule has 19 heavy (non-hydrogen) atoms. The van der Waals surface area contributed by atoms with Crippen LogP contribution in [0.15, 0.2) is 12.1 Å². The summed E-state index contributed by atoms with van der Waals surface area (Å²) < 4.78 is 22.6. The Labute approximate surface area is 112 Å². The first kappa shape index (κ1) is 13.4. The van der Waals surface area contributed by atoms with Gasteiger partial charge < -0.3 is 19.9 Å². The Morgan fingerprint density at radius 2 is 2.21 bits per heavy atom. The zero-order valence-electron chi connectivity index (χ0n) is 9.48. The number of alkyl halides is 1. The van der Waals surface area contributed by atoms with Crippen molar-refractivity contribution in [3.8, 4) is 11.5 Å². The summed E-state index contributed by atoms with van der Waals surface area (Å²) in [6, 6.07) is 1.04. The van der Waals surface area contributed by atoms with Crippen LogP contribution in [0.4, 0.5) is 4.39 Å². The summed E-state index contributed by atoms with van der Waals surface area (Å²) >= 11 is 5.88. The van der Waals surface area contributed by atoms with Gasteiger partial charge >= 0.3 is 5.97 Å². The van der Waals surface area contributed by atoms with Crippen LogP contribution < -0.4 is 14.8 Å². The normalized spacial score (nSPS) is 14.0. The van der Waals surface area contributed by atoms with Crippen molar-refractivity contribution in [2.45, 2.75) is 6.04 Å². The number of carboxylic acid groups (broad SMARTS) is 1. The van der Waals surface area contributed by atoms with Crippen LogP contribution in [0, 0.1) is 0 Å². The standard InChI is InChI=1S/C11H9ClFNO5/c12-6-1-5(2-8-9(6)19-4-18-8)10(15)14-7(3-13)11(16)17/h1-2,7H,3-4H2,(H,14,15)(H,16,17). The number of fused-ring (bicyclic) bond motifs is 1. The van der Waals surface area contributed by atoms with Gasteiger partial charge in [-0.2, -0.15) is 0 Å². The van der Waals surface area contributed by atoms with Crippen LogP contribution >= 0.6 is 11.6 Å². The SMILES string of the molecule is O=C(NC(CF)C(=O)O)c1cc(Cl)c2c(c1)OCO2. The van der Waals surface area contributed by atoms with Gasteiger partial charge in [-0.3, -0.25) is 4.79 Å². The molecule has 0 aromatic heterocycles.